The SMILES string of the molecule is CC1C(Cn2cnc3ccccc32)OC(c2ccc(NS(=O)(=O)c3ccccc3)cc2)OC1c1ccc(CO)cc1. The van der Waals surface area contributed by atoms with Gasteiger partial charge in [-0.2, -0.15) is 0 Å². The summed E-state index contributed by atoms with van der Waals surface area (Å²) in [6, 6.07) is 31.1. The highest BCUT2D eigenvalue weighted by Gasteiger charge is 2.38. The van der Waals surface area contributed by atoms with Gasteiger partial charge in [0.2, 0.25) is 0 Å². The molecule has 4 atom stereocenters. The van der Waals surface area contributed by atoms with Crippen molar-refractivity contribution in [3.63, 3.8) is 0 Å². The molecule has 1 aromatic heterocycles. The number of aliphatic hydroxyl groups is 1. The van der Waals surface area contributed by atoms with Crippen molar-refractivity contribution < 1.29 is 23.0 Å². The van der Waals surface area contributed by atoms with Gasteiger partial charge in [-0.15, -0.1) is 0 Å². The Balaban J connectivity index is 1.27. The second-order valence-corrected chi connectivity index (χ2v) is 11.9. The first-order valence-corrected chi connectivity index (χ1v) is 15.0. The lowest BCUT2D eigenvalue weighted by Gasteiger charge is -2.41. The summed E-state index contributed by atoms with van der Waals surface area (Å²) in [7, 11) is -3.70. The monoisotopic (exact) mass is 569 g/mol. The third kappa shape index (κ3) is 5.75. The molecule has 41 heavy (non-hydrogen) atoms. The number of hydrogen-bond acceptors (Lipinski definition) is 6. The van der Waals surface area contributed by atoms with E-state index in [9.17, 15) is 13.5 Å². The largest absolute Gasteiger partial charge is 0.392 e. The predicted molar refractivity (Wildman–Crippen MR) is 156 cm³/mol. The Bertz CT molecular complexity index is 1720. The Morgan fingerprint density at radius 3 is 2.27 bits per heavy atom. The zero-order valence-electron chi connectivity index (χ0n) is 22.5. The fraction of sp³-hybridized carbons (Fsp3) is 0.219. The summed E-state index contributed by atoms with van der Waals surface area (Å²) >= 11 is 0. The van der Waals surface area contributed by atoms with Gasteiger partial charge in [0.1, 0.15) is 0 Å². The third-order valence-corrected chi connectivity index (χ3v) is 8.91. The van der Waals surface area contributed by atoms with Crippen LogP contribution in [0.5, 0.6) is 0 Å². The van der Waals surface area contributed by atoms with Crippen molar-refractivity contribution in [3.05, 3.63) is 126 Å². The molecular weight excluding hydrogens is 538 g/mol. The van der Waals surface area contributed by atoms with Crippen LogP contribution in [-0.4, -0.2) is 29.2 Å². The highest BCUT2D eigenvalue weighted by atomic mass is 32.2. The molecule has 8 nitrogen and oxygen atoms in total. The van der Waals surface area contributed by atoms with Gasteiger partial charge in [-0.3, -0.25) is 4.72 Å². The molecule has 0 aliphatic carbocycles. The molecule has 0 amide bonds. The fourth-order valence-electron chi connectivity index (χ4n) is 5.20. The summed E-state index contributed by atoms with van der Waals surface area (Å²) in [6.45, 7) is 2.68. The van der Waals surface area contributed by atoms with Crippen LogP contribution in [0, 0.1) is 5.92 Å². The number of nitrogens with one attached hydrogen (secondary N) is 1. The molecule has 2 N–H and O–H groups in total. The van der Waals surface area contributed by atoms with Crippen molar-refractivity contribution in [1.29, 1.82) is 0 Å². The number of aromatic nitrogens is 2. The second kappa shape index (κ2) is 11.5. The van der Waals surface area contributed by atoms with Crippen molar-refractivity contribution >= 4 is 26.7 Å². The maximum absolute atomic E-state index is 12.8. The number of anilines is 1. The lowest BCUT2D eigenvalue weighted by Crippen LogP contribution is -2.39. The number of ether oxygens (including phenoxy) is 2. The third-order valence-electron chi connectivity index (χ3n) is 7.52. The molecule has 0 radical (unpaired) electrons. The minimum absolute atomic E-state index is 0.00402. The standard InChI is InChI=1S/C32H31N3O5S/c1-22-30(19-35-21-33-28-9-5-6-10-29(28)35)39-32(40-31(22)24-13-11-23(20-36)12-14-24)25-15-17-26(18-16-25)34-41(37,38)27-7-3-2-4-8-27/h2-18,21-22,30-32,34,36H,19-20H2,1H3. The molecule has 4 unspecified atom stereocenters. The molecule has 1 fully saturated rings. The molecule has 4 aromatic carbocycles. The summed E-state index contributed by atoms with van der Waals surface area (Å²) in [5.74, 6) is 0.00402. The van der Waals surface area contributed by atoms with E-state index in [0.717, 1.165) is 27.7 Å². The van der Waals surface area contributed by atoms with Crippen LogP contribution in [0.4, 0.5) is 5.69 Å². The Morgan fingerprint density at radius 2 is 1.54 bits per heavy atom. The van der Waals surface area contributed by atoms with Gasteiger partial charge in [-0.05, 0) is 47.5 Å². The summed E-state index contributed by atoms with van der Waals surface area (Å²) < 4.78 is 43.4. The van der Waals surface area contributed by atoms with E-state index in [0.29, 0.717) is 12.2 Å². The molecule has 210 valence electrons. The van der Waals surface area contributed by atoms with Gasteiger partial charge in [-0.1, -0.05) is 73.7 Å². The molecule has 1 saturated heterocycles. The highest BCUT2D eigenvalue weighted by molar-refractivity contribution is 7.92. The van der Waals surface area contributed by atoms with Crippen LogP contribution in [0.1, 0.15) is 36.0 Å². The van der Waals surface area contributed by atoms with Crippen LogP contribution < -0.4 is 4.72 Å². The first-order chi connectivity index (χ1) is 19.9. The summed E-state index contributed by atoms with van der Waals surface area (Å²) in [6.07, 6.45) is 0.695. The van der Waals surface area contributed by atoms with E-state index >= 15 is 0 Å². The van der Waals surface area contributed by atoms with Crippen LogP contribution >= 0.6 is 0 Å². The zero-order chi connectivity index (χ0) is 28.4. The van der Waals surface area contributed by atoms with E-state index in [2.05, 4.69) is 21.2 Å². The number of sulfonamides is 1. The Labute approximate surface area is 239 Å². The van der Waals surface area contributed by atoms with E-state index < -0.39 is 16.3 Å². The van der Waals surface area contributed by atoms with Crippen molar-refractivity contribution in [2.24, 2.45) is 5.92 Å². The molecule has 1 aliphatic heterocycles. The predicted octanol–water partition coefficient (Wildman–Crippen LogP) is 5.82. The molecular formula is C32H31N3O5S. The van der Waals surface area contributed by atoms with Crippen LogP contribution in [0.3, 0.4) is 0 Å². The number of aliphatic hydroxyl groups excluding tert-OH is 1. The lowest BCUT2D eigenvalue weighted by atomic mass is 9.90. The molecule has 5 aromatic rings. The summed E-state index contributed by atoms with van der Waals surface area (Å²) in [5.41, 5.74) is 5.01. The Morgan fingerprint density at radius 1 is 0.854 bits per heavy atom. The van der Waals surface area contributed by atoms with E-state index in [4.69, 9.17) is 9.47 Å². The van der Waals surface area contributed by atoms with Crippen LogP contribution in [0.25, 0.3) is 11.0 Å². The topological polar surface area (TPSA) is 103 Å². The fourth-order valence-corrected chi connectivity index (χ4v) is 6.28. The molecule has 2 heterocycles. The average Bonchev–Trinajstić information content (AvgIpc) is 3.41. The summed E-state index contributed by atoms with van der Waals surface area (Å²) in [5, 5.41) is 9.51. The molecule has 0 spiro atoms. The van der Waals surface area contributed by atoms with Gasteiger partial charge in [0.05, 0.1) is 47.6 Å². The van der Waals surface area contributed by atoms with Crippen molar-refractivity contribution in [2.45, 2.75) is 43.5 Å². The second-order valence-electron chi connectivity index (χ2n) is 10.2. The van der Waals surface area contributed by atoms with E-state index in [1.54, 1.807) is 42.5 Å². The molecule has 0 bridgehead atoms. The quantitative estimate of drug-likeness (QED) is 0.244. The number of imidazole rings is 1. The van der Waals surface area contributed by atoms with Crippen LogP contribution in [-0.2, 0) is 32.6 Å². The summed E-state index contributed by atoms with van der Waals surface area (Å²) in [4.78, 5) is 4.74. The number of hydrogen-bond donors (Lipinski definition) is 2. The van der Waals surface area contributed by atoms with E-state index in [1.165, 1.54) is 0 Å². The maximum Gasteiger partial charge on any atom is 0.261 e. The van der Waals surface area contributed by atoms with Gasteiger partial charge in [-0.25, -0.2) is 13.4 Å². The van der Waals surface area contributed by atoms with Gasteiger partial charge >= 0.3 is 0 Å². The number of fused-ring (bicyclic) bond motifs is 1. The number of benzene rings is 4. The first kappa shape index (κ1) is 27.2. The molecule has 0 saturated carbocycles. The van der Waals surface area contributed by atoms with E-state index in [1.807, 2.05) is 67.0 Å². The first-order valence-electron chi connectivity index (χ1n) is 13.5. The molecule has 9 heteroatoms. The van der Waals surface area contributed by atoms with Crippen molar-refractivity contribution in [1.82, 2.24) is 9.55 Å². The van der Waals surface area contributed by atoms with Gasteiger partial charge < -0.3 is 19.1 Å². The average molecular weight is 570 g/mol. The normalized spacial score (nSPS) is 21.1. The molecule has 6 rings (SSSR count). The highest BCUT2D eigenvalue weighted by Crippen LogP contribution is 2.42. The van der Waals surface area contributed by atoms with Gasteiger partial charge in [0, 0.05) is 17.2 Å². The van der Waals surface area contributed by atoms with Gasteiger partial charge in [0.15, 0.2) is 6.29 Å². The molecule has 1 aliphatic rings. The van der Waals surface area contributed by atoms with Crippen molar-refractivity contribution in [2.75, 3.05) is 4.72 Å². The number of rotatable bonds is 8. The van der Waals surface area contributed by atoms with Crippen LogP contribution in [0.15, 0.2) is 114 Å². The van der Waals surface area contributed by atoms with E-state index in [-0.39, 0.29) is 29.6 Å². The Kier molecular flexibility index (Phi) is 7.59. The van der Waals surface area contributed by atoms with Gasteiger partial charge in [0.25, 0.3) is 10.0 Å². The number of para-hydroxylation sites is 2. The maximum atomic E-state index is 12.8. The zero-order valence-corrected chi connectivity index (χ0v) is 23.3. The van der Waals surface area contributed by atoms with Crippen molar-refractivity contribution in [3.8, 4) is 0 Å². The van der Waals surface area contributed by atoms with Crippen LogP contribution in [0.2, 0.25) is 0 Å². The lowest BCUT2D eigenvalue weighted by molar-refractivity contribution is -0.276. The smallest absolute Gasteiger partial charge is 0.261 e. The minimum Gasteiger partial charge on any atom is -0.392 e. The number of nitrogens with zero attached hydrogens (tertiary/aromatic N) is 2. The minimum atomic E-state index is -3.70. The Hall–Kier alpha value is -4.02.